The van der Waals surface area contributed by atoms with E-state index in [1.54, 1.807) is 23.2 Å². The summed E-state index contributed by atoms with van der Waals surface area (Å²) in [6, 6.07) is 2.93. The molecular formula is C14H18N2O4. The summed E-state index contributed by atoms with van der Waals surface area (Å²) < 4.78 is 5.24. The molecule has 1 aliphatic rings. The van der Waals surface area contributed by atoms with Crippen molar-refractivity contribution in [3.63, 3.8) is 0 Å². The third kappa shape index (κ3) is 2.80. The van der Waals surface area contributed by atoms with Crippen LogP contribution in [0, 0.1) is 12.8 Å². The molecule has 0 radical (unpaired) electrons. The van der Waals surface area contributed by atoms with Crippen LogP contribution in [0.25, 0.3) is 0 Å². The summed E-state index contributed by atoms with van der Waals surface area (Å²) in [6.45, 7) is 4.51. The van der Waals surface area contributed by atoms with E-state index in [2.05, 4.69) is 4.98 Å². The van der Waals surface area contributed by atoms with Crippen molar-refractivity contribution >= 4 is 11.9 Å². The number of hydrogen-bond acceptors (Lipinski definition) is 4. The molecule has 1 aromatic rings. The second-order valence-corrected chi connectivity index (χ2v) is 4.83. The third-order valence-corrected chi connectivity index (χ3v) is 3.51. The van der Waals surface area contributed by atoms with Crippen LogP contribution in [-0.4, -0.2) is 52.7 Å². The van der Waals surface area contributed by atoms with Crippen LogP contribution in [0.1, 0.15) is 23.0 Å². The number of carboxylic acid groups (broad SMARTS) is 1. The number of aromatic nitrogens is 1. The fraction of sp³-hybridized carbons (Fsp3) is 0.500. The summed E-state index contributed by atoms with van der Waals surface area (Å²) >= 11 is 0. The van der Waals surface area contributed by atoms with Gasteiger partial charge in [0.15, 0.2) is 0 Å². The Bertz CT molecular complexity index is 518. The molecule has 1 saturated heterocycles. The van der Waals surface area contributed by atoms with Crippen molar-refractivity contribution in [2.45, 2.75) is 19.9 Å². The molecule has 108 valence electrons. The van der Waals surface area contributed by atoms with Crippen molar-refractivity contribution in [3.8, 4) is 0 Å². The molecule has 1 aromatic heterocycles. The van der Waals surface area contributed by atoms with Crippen LogP contribution in [0.3, 0.4) is 0 Å². The highest BCUT2D eigenvalue weighted by atomic mass is 16.5. The van der Waals surface area contributed by atoms with E-state index in [0.29, 0.717) is 12.1 Å². The lowest BCUT2D eigenvalue weighted by Gasteiger charge is -2.29. The topological polar surface area (TPSA) is 79.7 Å². The van der Waals surface area contributed by atoms with Crippen molar-refractivity contribution in [1.29, 1.82) is 0 Å². The van der Waals surface area contributed by atoms with E-state index in [1.165, 1.54) is 0 Å². The minimum atomic E-state index is -0.926. The van der Waals surface area contributed by atoms with Gasteiger partial charge in [-0.05, 0) is 26.0 Å². The summed E-state index contributed by atoms with van der Waals surface area (Å²) in [5, 5.41) is 9.20. The van der Waals surface area contributed by atoms with Crippen LogP contribution >= 0.6 is 0 Å². The normalized spacial score (nSPS) is 21.7. The van der Waals surface area contributed by atoms with Gasteiger partial charge in [-0.3, -0.25) is 14.6 Å². The van der Waals surface area contributed by atoms with Gasteiger partial charge >= 0.3 is 5.97 Å². The second kappa shape index (κ2) is 6.00. The number of ether oxygens (including phenoxy) is 1. The van der Waals surface area contributed by atoms with Gasteiger partial charge < -0.3 is 14.7 Å². The van der Waals surface area contributed by atoms with Gasteiger partial charge in [0.05, 0.1) is 19.3 Å². The molecule has 1 fully saturated rings. The quantitative estimate of drug-likeness (QED) is 0.887. The van der Waals surface area contributed by atoms with Crippen LogP contribution < -0.4 is 0 Å². The first-order valence-electron chi connectivity index (χ1n) is 6.58. The number of hydrogen-bond donors (Lipinski definition) is 1. The summed E-state index contributed by atoms with van der Waals surface area (Å²) in [5.74, 6) is -1.77. The van der Waals surface area contributed by atoms with Gasteiger partial charge in [0.25, 0.3) is 5.91 Å². The van der Waals surface area contributed by atoms with Gasteiger partial charge in [0, 0.05) is 24.0 Å². The van der Waals surface area contributed by atoms with E-state index in [1.807, 2.05) is 13.8 Å². The molecule has 2 heterocycles. The maximum absolute atomic E-state index is 12.5. The SMILES string of the molecule is CCN(C(=O)c1ccnc(C)c1)C1COCC1C(=O)O. The fourth-order valence-corrected chi connectivity index (χ4v) is 2.46. The molecule has 0 aliphatic carbocycles. The Hall–Kier alpha value is -1.95. The molecule has 2 atom stereocenters. The molecule has 6 heteroatoms. The number of carboxylic acids is 1. The Labute approximate surface area is 117 Å². The Morgan fingerprint density at radius 2 is 2.25 bits per heavy atom. The van der Waals surface area contributed by atoms with Gasteiger partial charge in [-0.2, -0.15) is 0 Å². The maximum Gasteiger partial charge on any atom is 0.311 e. The monoisotopic (exact) mass is 278 g/mol. The van der Waals surface area contributed by atoms with Crippen LogP contribution in [0.15, 0.2) is 18.3 Å². The number of aliphatic carboxylic acids is 1. The number of likely N-dealkylation sites (N-methyl/N-ethyl adjacent to an activating group) is 1. The molecule has 0 aromatic carbocycles. The molecule has 0 saturated carbocycles. The Morgan fingerprint density at radius 3 is 2.85 bits per heavy atom. The zero-order valence-electron chi connectivity index (χ0n) is 11.6. The van der Waals surface area contributed by atoms with Gasteiger partial charge in [-0.15, -0.1) is 0 Å². The Balaban J connectivity index is 2.23. The minimum absolute atomic E-state index is 0.152. The maximum atomic E-state index is 12.5. The van der Waals surface area contributed by atoms with Crippen molar-refractivity contribution in [2.75, 3.05) is 19.8 Å². The molecule has 2 unspecified atom stereocenters. The van der Waals surface area contributed by atoms with Gasteiger partial charge in [0.2, 0.25) is 0 Å². The minimum Gasteiger partial charge on any atom is -0.481 e. The zero-order valence-corrected chi connectivity index (χ0v) is 11.6. The predicted octanol–water partition coefficient (Wildman–Crippen LogP) is 0.952. The summed E-state index contributed by atoms with van der Waals surface area (Å²) in [6.07, 6.45) is 1.58. The number of amides is 1. The molecule has 20 heavy (non-hydrogen) atoms. The number of aryl methyl sites for hydroxylation is 1. The summed E-state index contributed by atoms with van der Waals surface area (Å²) in [7, 11) is 0. The second-order valence-electron chi connectivity index (χ2n) is 4.83. The fourth-order valence-electron chi connectivity index (χ4n) is 2.46. The van der Waals surface area contributed by atoms with Crippen LogP contribution in [0.2, 0.25) is 0 Å². The highest BCUT2D eigenvalue weighted by molar-refractivity contribution is 5.94. The Morgan fingerprint density at radius 1 is 1.50 bits per heavy atom. The van der Waals surface area contributed by atoms with E-state index in [9.17, 15) is 14.7 Å². The standard InChI is InChI=1S/C14H18N2O4/c1-3-16(12-8-20-7-11(12)14(18)19)13(17)10-4-5-15-9(2)6-10/h4-6,11-12H,3,7-8H2,1-2H3,(H,18,19). The molecule has 0 bridgehead atoms. The largest absolute Gasteiger partial charge is 0.481 e. The smallest absolute Gasteiger partial charge is 0.311 e. The number of rotatable bonds is 4. The first-order chi connectivity index (χ1) is 9.54. The lowest BCUT2D eigenvalue weighted by atomic mass is 10.0. The lowest BCUT2D eigenvalue weighted by Crippen LogP contribution is -2.46. The van der Waals surface area contributed by atoms with Crippen molar-refractivity contribution in [3.05, 3.63) is 29.6 Å². The molecular weight excluding hydrogens is 260 g/mol. The summed E-state index contributed by atoms with van der Waals surface area (Å²) in [5.41, 5.74) is 1.28. The van der Waals surface area contributed by atoms with Crippen LogP contribution in [0.5, 0.6) is 0 Å². The average molecular weight is 278 g/mol. The summed E-state index contributed by atoms with van der Waals surface area (Å²) in [4.78, 5) is 29.4. The van der Waals surface area contributed by atoms with Crippen LogP contribution in [0.4, 0.5) is 0 Å². The number of pyridine rings is 1. The van der Waals surface area contributed by atoms with Crippen molar-refractivity contribution < 1.29 is 19.4 Å². The predicted molar refractivity (Wildman–Crippen MR) is 71.4 cm³/mol. The molecule has 1 amide bonds. The molecule has 2 rings (SSSR count). The van der Waals surface area contributed by atoms with E-state index in [0.717, 1.165) is 5.69 Å². The molecule has 6 nitrogen and oxygen atoms in total. The molecule has 0 spiro atoms. The van der Waals surface area contributed by atoms with Gasteiger partial charge in [0.1, 0.15) is 5.92 Å². The van der Waals surface area contributed by atoms with E-state index >= 15 is 0 Å². The third-order valence-electron chi connectivity index (χ3n) is 3.51. The van der Waals surface area contributed by atoms with Gasteiger partial charge in [-0.25, -0.2) is 0 Å². The lowest BCUT2D eigenvalue weighted by molar-refractivity contribution is -0.142. The van der Waals surface area contributed by atoms with E-state index in [-0.39, 0.29) is 19.1 Å². The molecule has 1 aliphatic heterocycles. The van der Waals surface area contributed by atoms with Crippen LogP contribution in [-0.2, 0) is 9.53 Å². The number of carbonyl (C=O) groups is 2. The number of carbonyl (C=O) groups excluding carboxylic acids is 1. The van der Waals surface area contributed by atoms with Gasteiger partial charge in [-0.1, -0.05) is 0 Å². The highest BCUT2D eigenvalue weighted by Gasteiger charge is 2.39. The zero-order chi connectivity index (χ0) is 14.7. The van der Waals surface area contributed by atoms with Crippen molar-refractivity contribution in [2.24, 2.45) is 5.92 Å². The molecule has 1 N–H and O–H groups in total. The first kappa shape index (κ1) is 14.5. The van der Waals surface area contributed by atoms with Crippen molar-refractivity contribution in [1.82, 2.24) is 9.88 Å². The van der Waals surface area contributed by atoms with E-state index in [4.69, 9.17) is 4.74 Å². The number of nitrogens with zero attached hydrogens (tertiary/aromatic N) is 2. The highest BCUT2D eigenvalue weighted by Crippen LogP contribution is 2.22. The average Bonchev–Trinajstić information content (AvgIpc) is 2.89. The Kier molecular flexibility index (Phi) is 4.34. The first-order valence-corrected chi connectivity index (χ1v) is 6.58. The van der Waals surface area contributed by atoms with E-state index < -0.39 is 17.9 Å².